The molecule has 9 nitrogen and oxygen atoms in total. The number of nitrogens with one attached hydrogen (secondary N) is 2. The molecule has 0 spiro atoms. The van der Waals surface area contributed by atoms with Crippen LogP contribution in [0.4, 0.5) is 21.5 Å². The summed E-state index contributed by atoms with van der Waals surface area (Å²) in [5.74, 6) is -1.55. The van der Waals surface area contributed by atoms with E-state index in [2.05, 4.69) is 10.0 Å². The van der Waals surface area contributed by atoms with E-state index in [-0.39, 0.29) is 16.3 Å². The van der Waals surface area contributed by atoms with E-state index in [4.69, 9.17) is 0 Å². The molecule has 0 radical (unpaired) electrons. The van der Waals surface area contributed by atoms with Gasteiger partial charge in [0, 0.05) is 25.5 Å². The lowest BCUT2D eigenvalue weighted by atomic mass is 10.3. The number of amides is 1. The monoisotopic (exact) mass is 506 g/mol. The molecule has 0 saturated carbocycles. The number of sulfonamides is 1. The summed E-state index contributed by atoms with van der Waals surface area (Å²) in [4.78, 5) is 12.6. The molecule has 0 unspecified atom stereocenters. The molecule has 180 valence electrons. The third-order valence-corrected chi connectivity index (χ3v) is 7.83. The Morgan fingerprint density at radius 2 is 1.41 bits per heavy atom. The fourth-order valence-electron chi connectivity index (χ4n) is 2.91. The number of hydrogen-bond donors (Lipinski definition) is 2. The average Bonchev–Trinajstić information content (AvgIpc) is 2.78. The Bertz CT molecular complexity index is 1360. The summed E-state index contributed by atoms with van der Waals surface area (Å²) < 4.78 is 68.7. The predicted octanol–water partition coefficient (Wildman–Crippen LogP) is 2.88. The number of benzene rings is 3. The van der Waals surface area contributed by atoms with Gasteiger partial charge in [-0.25, -0.2) is 17.1 Å². The van der Waals surface area contributed by atoms with Crippen molar-refractivity contribution in [3.8, 4) is 0 Å². The Kier molecular flexibility index (Phi) is 7.54. The topological polar surface area (TPSA) is 116 Å². The Hall–Kier alpha value is -3.48. The van der Waals surface area contributed by atoms with Crippen molar-refractivity contribution in [2.24, 2.45) is 0 Å². The van der Waals surface area contributed by atoms with Crippen LogP contribution in [0.25, 0.3) is 0 Å². The Labute approximate surface area is 198 Å². The lowest BCUT2D eigenvalue weighted by molar-refractivity contribution is -0.114. The molecule has 0 aromatic heterocycles. The van der Waals surface area contributed by atoms with Crippen LogP contribution in [0.2, 0.25) is 0 Å². The highest BCUT2D eigenvalue weighted by molar-refractivity contribution is 7.92. The highest BCUT2D eigenvalue weighted by atomic mass is 32.2. The number of hydrogen-bond acceptors (Lipinski definition) is 5. The first-order valence-corrected chi connectivity index (χ1v) is 12.8. The van der Waals surface area contributed by atoms with E-state index in [0.29, 0.717) is 9.99 Å². The lowest BCUT2D eigenvalue weighted by Gasteiger charge is -2.27. The van der Waals surface area contributed by atoms with E-state index in [0.717, 1.165) is 10.4 Å². The van der Waals surface area contributed by atoms with Gasteiger partial charge in [-0.15, -0.1) is 0 Å². The second kappa shape index (κ2) is 10.2. The molecule has 0 aliphatic rings. The van der Waals surface area contributed by atoms with Crippen molar-refractivity contribution >= 4 is 43.2 Å². The highest BCUT2D eigenvalue weighted by Crippen LogP contribution is 2.23. The maximum absolute atomic E-state index is 14.3. The van der Waals surface area contributed by atoms with Crippen LogP contribution in [0.5, 0.6) is 0 Å². The molecule has 3 aromatic rings. The van der Waals surface area contributed by atoms with Crippen molar-refractivity contribution in [1.29, 1.82) is 0 Å². The van der Waals surface area contributed by atoms with Crippen molar-refractivity contribution < 1.29 is 26.0 Å². The van der Waals surface area contributed by atoms with Crippen molar-refractivity contribution in [2.75, 3.05) is 35.0 Å². The summed E-state index contributed by atoms with van der Waals surface area (Å²) in [6.45, 7) is -0.697. The van der Waals surface area contributed by atoms with E-state index in [9.17, 15) is 26.0 Å². The quantitative estimate of drug-likeness (QED) is 0.463. The van der Waals surface area contributed by atoms with Crippen LogP contribution in [-0.2, 0) is 25.0 Å². The number of carbonyl (C=O) groups is 1. The molecule has 3 rings (SSSR count). The van der Waals surface area contributed by atoms with E-state index in [1.807, 2.05) is 0 Å². The number of rotatable bonds is 9. The SMILES string of the molecule is CN(C)S(=O)(=O)N(CC(=O)Nc1ccc(S(=O)(=O)Nc2ccccc2)cc1)c1ccccc1F. The zero-order valence-corrected chi connectivity index (χ0v) is 20.0. The number of nitrogens with zero attached hydrogens (tertiary/aromatic N) is 2. The van der Waals surface area contributed by atoms with Gasteiger partial charge in [-0.1, -0.05) is 30.3 Å². The maximum Gasteiger partial charge on any atom is 0.304 e. The van der Waals surface area contributed by atoms with Crippen LogP contribution in [0.1, 0.15) is 0 Å². The zero-order chi connectivity index (χ0) is 24.9. The van der Waals surface area contributed by atoms with Crippen LogP contribution in [-0.4, -0.2) is 47.7 Å². The fraction of sp³-hybridized carbons (Fsp3) is 0.136. The third kappa shape index (κ3) is 5.90. The van der Waals surface area contributed by atoms with Crippen molar-refractivity contribution in [3.05, 3.63) is 84.7 Å². The molecule has 0 saturated heterocycles. The first kappa shape index (κ1) is 25.1. The molecule has 2 N–H and O–H groups in total. The first-order valence-electron chi connectivity index (χ1n) is 9.93. The molecule has 0 atom stereocenters. The lowest BCUT2D eigenvalue weighted by Crippen LogP contribution is -2.44. The molecule has 0 aliphatic carbocycles. The molecule has 0 aliphatic heterocycles. The minimum absolute atomic E-state index is 0.0301. The van der Waals surface area contributed by atoms with Crippen molar-refractivity contribution in [1.82, 2.24) is 4.31 Å². The largest absolute Gasteiger partial charge is 0.325 e. The molecule has 34 heavy (non-hydrogen) atoms. The second-order valence-corrected chi connectivity index (χ2v) is 11.0. The van der Waals surface area contributed by atoms with Gasteiger partial charge in [0.1, 0.15) is 12.4 Å². The van der Waals surface area contributed by atoms with E-state index in [1.54, 1.807) is 30.3 Å². The molecule has 0 bridgehead atoms. The Morgan fingerprint density at radius 1 is 0.824 bits per heavy atom. The molecule has 12 heteroatoms. The van der Waals surface area contributed by atoms with Crippen molar-refractivity contribution in [3.63, 3.8) is 0 Å². The molecular weight excluding hydrogens is 483 g/mol. The Balaban J connectivity index is 1.76. The van der Waals surface area contributed by atoms with Gasteiger partial charge in [0.25, 0.3) is 10.0 Å². The van der Waals surface area contributed by atoms with Gasteiger partial charge < -0.3 is 5.32 Å². The molecule has 0 heterocycles. The van der Waals surface area contributed by atoms with E-state index in [1.165, 1.54) is 56.6 Å². The summed E-state index contributed by atoms with van der Waals surface area (Å²) >= 11 is 0. The minimum atomic E-state index is -4.18. The summed E-state index contributed by atoms with van der Waals surface area (Å²) in [5, 5.41) is 2.50. The molecule has 1 amide bonds. The van der Waals surface area contributed by atoms with E-state index >= 15 is 0 Å². The zero-order valence-electron chi connectivity index (χ0n) is 18.3. The molecule has 3 aromatic carbocycles. The smallest absolute Gasteiger partial charge is 0.304 e. The van der Waals surface area contributed by atoms with Crippen molar-refractivity contribution in [2.45, 2.75) is 4.90 Å². The van der Waals surface area contributed by atoms with Gasteiger partial charge in [-0.05, 0) is 48.5 Å². The van der Waals surface area contributed by atoms with E-state index < -0.39 is 38.5 Å². The summed E-state index contributed by atoms with van der Waals surface area (Å²) in [7, 11) is -5.49. The normalized spacial score (nSPS) is 11.8. The summed E-state index contributed by atoms with van der Waals surface area (Å²) in [6, 6.07) is 18.9. The van der Waals surface area contributed by atoms with Crippen LogP contribution < -0.4 is 14.3 Å². The highest BCUT2D eigenvalue weighted by Gasteiger charge is 2.29. The number of carbonyl (C=O) groups excluding carboxylic acids is 1. The summed E-state index contributed by atoms with van der Waals surface area (Å²) in [6.07, 6.45) is 0. The van der Waals surface area contributed by atoms with Gasteiger partial charge >= 0.3 is 10.2 Å². The first-order chi connectivity index (χ1) is 16.0. The third-order valence-electron chi connectivity index (χ3n) is 4.62. The van der Waals surface area contributed by atoms with Gasteiger partial charge in [-0.2, -0.15) is 12.7 Å². The maximum atomic E-state index is 14.3. The van der Waals surface area contributed by atoms with Gasteiger partial charge in [0.05, 0.1) is 10.6 Å². The second-order valence-electron chi connectivity index (χ2n) is 7.29. The Morgan fingerprint density at radius 3 is 2.00 bits per heavy atom. The predicted molar refractivity (Wildman–Crippen MR) is 129 cm³/mol. The number of halogens is 1. The molecule has 0 fully saturated rings. The summed E-state index contributed by atoms with van der Waals surface area (Å²) in [5.41, 5.74) is 0.356. The molecular formula is C22H23FN4O5S2. The van der Waals surface area contributed by atoms with Gasteiger partial charge in [0.2, 0.25) is 5.91 Å². The van der Waals surface area contributed by atoms with Crippen LogP contribution >= 0.6 is 0 Å². The number of anilines is 3. The minimum Gasteiger partial charge on any atom is -0.325 e. The fourth-order valence-corrected chi connectivity index (χ4v) is 5.04. The van der Waals surface area contributed by atoms with Gasteiger partial charge in [-0.3, -0.25) is 9.52 Å². The standard InChI is InChI=1S/C22H23FN4O5S2/c1-26(2)34(31,32)27(21-11-7-6-10-20(21)23)16-22(28)24-17-12-14-19(15-13-17)33(29,30)25-18-8-4-3-5-9-18/h3-15,25H,16H2,1-2H3,(H,24,28). The van der Waals surface area contributed by atoms with Crippen LogP contribution in [0, 0.1) is 5.82 Å². The van der Waals surface area contributed by atoms with Crippen LogP contribution in [0.15, 0.2) is 83.8 Å². The average molecular weight is 507 g/mol. The number of para-hydroxylation sites is 2. The van der Waals surface area contributed by atoms with Gasteiger partial charge in [0.15, 0.2) is 0 Å². The van der Waals surface area contributed by atoms with Crippen LogP contribution in [0.3, 0.4) is 0 Å².